The van der Waals surface area contributed by atoms with Crippen LogP contribution in [0.15, 0.2) is 12.2 Å². The van der Waals surface area contributed by atoms with Crippen LogP contribution in [-0.2, 0) is 14.8 Å². The Labute approximate surface area is 93.6 Å². The molecule has 1 aliphatic rings. The minimum Gasteiger partial charge on any atom is -0.481 e. The van der Waals surface area contributed by atoms with Crippen LogP contribution in [0.4, 0.5) is 0 Å². The summed E-state index contributed by atoms with van der Waals surface area (Å²) in [5.41, 5.74) is 0. The van der Waals surface area contributed by atoms with Crippen LogP contribution in [0.2, 0.25) is 0 Å². The van der Waals surface area contributed by atoms with Gasteiger partial charge < -0.3 is 5.11 Å². The summed E-state index contributed by atoms with van der Waals surface area (Å²) < 4.78 is 25.2. The molecule has 0 saturated carbocycles. The molecule has 7 heteroatoms. The molecule has 0 aromatic heterocycles. The summed E-state index contributed by atoms with van der Waals surface area (Å²) >= 11 is 0. The van der Waals surface area contributed by atoms with Gasteiger partial charge in [-0.25, -0.2) is 13.1 Å². The number of nitrogens with one attached hydrogen (secondary N) is 1. The van der Waals surface area contributed by atoms with Crippen LogP contribution in [-0.4, -0.2) is 30.8 Å². The molecule has 88 valence electrons. The summed E-state index contributed by atoms with van der Waals surface area (Å²) in [6.45, 7) is 1.27. The smallest absolute Gasteiger partial charge is 0.310 e. The van der Waals surface area contributed by atoms with E-state index in [0.29, 0.717) is 0 Å². The molecule has 6 nitrogen and oxygen atoms in total. The van der Waals surface area contributed by atoms with E-state index in [2.05, 4.69) is 4.72 Å². The Balaban J connectivity index is 2.63. The van der Waals surface area contributed by atoms with Crippen LogP contribution < -0.4 is 4.72 Å². The van der Waals surface area contributed by atoms with Gasteiger partial charge in [0.1, 0.15) is 0 Å². The van der Waals surface area contributed by atoms with E-state index in [1.54, 1.807) is 6.07 Å². The highest BCUT2D eigenvalue weighted by Crippen LogP contribution is 2.19. The van der Waals surface area contributed by atoms with E-state index in [1.165, 1.54) is 19.1 Å². The summed E-state index contributed by atoms with van der Waals surface area (Å²) in [6, 6.07) is 1.08. The van der Waals surface area contributed by atoms with Crippen molar-refractivity contribution >= 4 is 16.0 Å². The lowest BCUT2D eigenvalue weighted by Gasteiger charge is -2.13. The van der Waals surface area contributed by atoms with Crippen LogP contribution in [0.1, 0.15) is 13.3 Å². The molecule has 0 amide bonds. The van der Waals surface area contributed by atoms with Crippen molar-refractivity contribution in [3.05, 3.63) is 12.2 Å². The van der Waals surface area contributed by atoms with Crippen molar-refractivity contribution in [1.29, 1.82) is 5.26 Å². The Hall–Kier alpha value is -1.39. The van der Waals surface area contributed by atoms with E-state index in [1.807, 2.05) is 0 Å². The van der Waals surface area contributed by atoms with Gasteiger partial charge in [-0.15, -0.1) is 0 Å². The molecule has 0 aromatic rings. The maximum atomic E-state index is 11.5. The Morgan fingerprint density at radius 3 is 2.69 bits per heavy atom. The first-order valence-electron chi connectivity index (χ1n) is 4.68. The summed E-state index contributed by atoms with van der Waals surface area (Å²) in [5, 5.41) is 16.1. The van der Waals surface area contributed by atoms with E-state index in [9.17, 15) is 13.2 Å². The molecule has 0 spiro atoms. The van der Waals surface area contributed by atoms with E-state index in [-0.39, 0.29) is 6.42 Å². The monoisotopic (exact) mass is 244 g/mol. The number of nitriles is 1. The first-order chi connectivity index (χ1) is 7.36. The van der Waals surface area contributed by atoms with Crippen LogP contribution in [0.3, 0.4) is 0 Å². The van der Waals surface area contributed by atoms with Crippen molar-refractivity contribution in [2.45, 2.75) is 24.6 Å². The van der Waals surface area contributed by atoms with Crippen LogP contribution in [0, 0.1) is 17.2 Å². The lowest BCUT2D eigenvalue weighted by Crippen LogP contribution is -2.38. The number of carboxylic acids is 1. The third-order valence-corrected chi connectivity index (χ3v) is 4.03. The Bertz CT molecular complexity index is 449. The molecule has 3 unspecified atom stereocenters. The Morgan fingerprint density at radius 2 is 2.25 bits per heavy atom. The molecule has 1 rings (SSSR count). The molecule has 0 aliphatic heterocycles. The predicted molar refractivity (Wildman–Crippen MR) is 55.8 cm³/mol. The molecule has 0 bridgehead atoms. The van der Waals surface area contributed by atoms with E-state index < -0.39 is 33.2 Å². The van der Waals surface area contributed by atoms with Gasteiger partial charge >= 0.3 is 5.97 Å². The molecule has 0 saturated heterocycles. The highest BCUT2D eigenvalue weighted by atomic mass is 32.2. The standard InChI is InChI=1S/C9H12N2O4S/c1-6(5-10)16(14,15)11-8-3-2-7(4-8)9(12)13/h2-3,6-8,11H,4H2,1H3,(H,12,13). The quantitative estimate of drug-likeness (QED) is 0.668. The second-order valence-corrected chi connectivity index (χ2v) is 5.64. The summed E-state index contributed by atoms with van der Waals surface area (Å²) in [7, 11) is -3.70. The number of hydrogen-bond acceptors (Lipinski definition) is 4. The molecule has 0 radical (unpaired) electrons. The van der Waals surface area contributed by atoms with Crippen LogP contribution >= 0.6 is 0 Å². The molecule has 0 aromatic carbocycles. The van der Waals surface area contributed by atoms with Gasteiger partial charge in [0, 0.05) is 6.04 Å². The molecule has 1 aliphatic carbocycles. The molecule has 0 heterocycles. The van der Waals surface area contributed by atoms with Gasteiger partial charge in [-0.05, 0) is 13.3 Å². The topological polar surface area (TPSA) is 107 Å². The molecular formula is C9H12N2O4S. The lowest BCUT2D eigenvalue weighted by atomic mass is 10.1. The first kappa shape index (κ1) is 12.7. The third-order valence-electron chi connectivity index (χ3n) is 2.36. The van der Waals surface area contributed by atoms with Gasteiger partial charge in [0.15, 0.2) is 5.25 Å². The van der Waals surface area contributed by atoms with Gasteiger partial charge in [-0.1, -0.05) is 12.2 Å². The SMILES string of the molecule is CC(C#N)S(=O)(=O)NC1C=CC(C(=O)O)C1. The Morgan fingerprint density at radius 1 is 1.62 bits per heavy atom. The lowest BCUT2D eigenvalue weighted by molar-refractivity contribution is -0.140. The average Bonchev–Trinajstić information content (AvgIpc) is 2.64. The second-order valence-electron chi connectivity index (χ2n) is 3.61. The van der Waals surface area contributed by atoms with Gasteiger partial charge in [0.2, 0.25) is 10.0 Å². The molecule has 0 fully saturated rings. The summed E-state index contributed by atoms with van der Waals surface area (Å²) in [6.07, 6.45) is 3.14. The van der Waals surface area contributed by atoms with Gasteiger partial charge in [-0.3, -0.25) is 4.79 Å². The fourth-order valence-electron chi connectivity index (χ4n) is 1.35. The third kappa shape index (κ3) is 2.81. The molecular weight excluding hydrogens is 232 g/mol. The number of sulfonamides is 1. The average molecular weight is 244 g/mol. The van der Waals surface area contributed by atoms with Crippen LogP contribution in [0.5, 0.6) is 0 Å². The highest BCUT2D eigenvalue weighted by molar-refractivity contribution is 7.90. The van der Waals surface area contributed by atoms with E-state index in [0.717, 1.165) is 0 Å². The normalized spacial score (nSPS) is 26.2. The summed E-state index contributed by atoms with van der Waals surface area (Å²) in [4.78, 5) is 10.6. The Kier molecular flexibility index (Phi) is 3.67. The zero-order chi connectivity index (χ0) is 12.3. The van der Waals surface area contributed by atoms with E-state index in [4.69, 9.17) is 10.4 Å². The number of nitrogens with zero attached hydrogens (tertiary/aromatic N) is 1. The summed E-state index contributed by atoms with van der Waals surface area (Å²) in [5.74, 6) is -1.64. The van der Waals surface area contributed by atoms with Gasteiger partial charge in [0.25, 0.3) is 0 Å². The van der Waals surface area contributed by atoms with Crippen molar-refractivity contribution in [2.75, 3.05) is 0 Å². The van der Waals surface area contributed by atoms with Crippen molar-refractivity contribution < 1.29 is 18.3 Å². The largest absolute Gasteiger partial charge is 0.481 e. The van der Waals surface area contributed by atoms with Crippen molar-refractivity contribution in [3.63, 3.8) is 0 Å². The van der Waals surface area contributed by atoms with Crippen LogP contribution in [0.25, 0.3) is 0 Å². The minimum atomic E-state index is -3.70. The fraction of sp³-hybridized carbons (Fsp3) is 0.556. The minimum absolute atomic E-state index is 0.187. The number of carbonyl (C=O) groups is 1. The molecule has 2 N–H and O–H groups in total. The molecule has 16 heavy (non-hydrogen) atoms. The van der Waals surface area contributed by atoms with Crippen molar-refractivity contribution in [1.82, 2.24) is 4.72 Å². The van der Waals surface area contributed by atoms with E-state index >= 15 is 0 Å². The molecule has 3 atom stereocenters. The number of aliphatic carboxylic acids is 1. The van der Waals surface area contributed by atoms with Crippen molar-refractivity contribution in [2.24, 2.45) is 5.92 Å². The number of hydrogen-bond donors (Lipinski definition) is 2. The second kappa shape index (κ2) is 4.63. The number of rotatable bonds is 4. The maximum absolute atomic E-state index is 11.5. The highest BCUT2D eigenvalue weighted by Gasteiger charge is 2.29. The zero-order valence-electron chi connectivity index (χ0n) is 8.62. The number of carboxylic acid groups (broad SMARTS) is 1. The fourth-order valence-corrected chi connectivity index (χ4v) is 2.29. The predicted octanol–water partition coefficient (Wildman–Crippen LogP) is -0.153. The first-order valence-corrected chi connectivity index (χ1v) is 6.23. The van der Waals surface area contributed by atoms with Gasteiger partial charge in [0.05, 0.1) is 12.0 Å². The maximum Gasteiger partial charge on any atom is 0.310 e. The zero-order valence-corrected chi connectivity index (χ0v) is 9.44. The van der Waals surface area contributed by atoms with Gasteiger partial charge in [-0.2, -0.15) is 5.26 Å². The van der Waals surface area contributed by atoms with Crippen molar-refractivity contribution in [3.8, 4) is 6.07 Å².